The van der Waals surface area contributed by atoms with Crippen LogP contribution in [0, 0.1) is 0 Å². The molecule has 1 aromatic carbocycles. The van der Waals surface area contributed by atoms with E-state index in [4.69, 9.17) is 11.6 Å². The first-order valence-electron chi connectivity index (χ1n) is 8.50. The smallest absolute Gasteiger partial charge is 0.239 e. The van der Waals surface area contributed by atoms with E-state index in [1.165, 1.54) is 0 Å². The summed E-state index contributed by atoms with van der Waals surface area (Å²) in [4.78, 5) is 27.7. The maximum atomic E-state index is 11.9. The number of benzene rings is 1. The van der Waals surface area contributed by atoms with Gasteiger partial charge in [0.25, 0.3) is 0 Å². The molecule has 0 aliphatic carbocycles. The molecule has 7 nitrogen and oxygen atoms in total. The lowest BCUT2D eigenvalue weighted by molar-refractivity contribution is -0.121. The molecule has 0 aliphatic heterocycles. The molecule has 0 unspecified atom stereocenters. The van der Waals surface area contributed by atoms with E-state index < -0.39 is 0 Å². The van der Waals surface area contributed by atoms with Crippen molar-refractivity contribution in [1.82, 2.24) is 16.0 Å². The van der Waals surface area contributed by atoms with Crippen molar-refractivity contribution >= 4 is 59.0 Å². The van der Waals surface area contributed by atoms with Gasteiger partial charge in [-0.1, -0.05) is 11.6 Å². The van der Waals surface area contributed by atoms with Gasteiger partial charge in [0.1, 0.15) is 0 Å². The Morgan fingerprint density at radius 3 is 2.26 bits per heavy atom. The van der Waals surface area contributed by atoms with E-state index in [1.807, 2.05) is 20.8 Å². The minimum Gasteiger partial charge on any atom is -0.356 e. The Hall–Kier alpha value is -1.55. The number of carbonyl (C=O) groups excluding carboxylic acids is 2. The summed E-state index contributed by atoms with van der Waals surface area (Å²) < 4.78 is 0. The maximum absolute atomic E-state index is 11.9. The Bertz CT molecular complexity index is 630. The van der Waals surface area contributed by atoms with Gasteiger partial charge in [0.15, 0.2) is 5.96 Å². The fourth-order valence-corrected chi connectivity index (χ4v) is 2.19. The molecule has 0 aromatic heterocycles. The quantitative estimate of drug-likeness (QED) is 0.197. The van der Waals surface area contributed by atoms with Crippen molar-refractivity contribution in [2.24, 2.45) is 4.99 Å². The standard InChI is InChI=1S/C18H28ClN5O2.HI/c1-18(2,3)24-16(26)12-22-17(20-4)21-11-5-6-15(25)23-14-9-7-13(19)8-10-14;/h7-10H,5-6,11-12H2,1-4H3,(H,23,25)(H,24,26)(H2,20,21,22);1H. The van der Waals surface area contributed by atoms with Crippen molar-refractivity contribution in [1.29, 1.82) is 0 Å². The predicted molar refractivity (Wildman–Crippen MR) is 122 cm³/mol. The minimum absolute atomic E-state index is 0. The number of amides is 2. The van der Waals surface area contributed by atoms with Crippen molar-refractivity contribution in [2.75, 3.05) is 25.5 Å². The SMILES string of the molecule is CN=C(NCCCC(=O)Nc1ccc(Cl)cc1)NCC(=O)NC(C)(C)C.I. The molecule has 1 aromatic rings. The molecule has 0 radical (unpaired) electrons. The van der Waals surface area contributed by atoms with Gasteiger partial charge >= 0.3 is 0 Å². The van der Waals surface area contributed by atoms with Gasteiger partial charge in [-0.15, -0.1) is 24.0 Å². The second kappa shape index (κ2) is 12.8. The number of hydrogen-bond acceptors (Lipinski definition) is 3. The molecule has 0 fully saturated rings. The third-order valence-corrected chi connectivity index (χ3v) is 3.41. The summed E-state index contributed by atoms with van der Waals surface area (Å²) in [5.74, 6) is 0.344. The normalized spacial score (nSPS) is 11.2. The number of nitrogens with zero attached hydrogens (tertiary/aromatic N) is 1. The highest BCUT2D eigenvalue weighted by molar-refractivity contribution is 14.0. The van der Waals surface area contributed by atoms with Gasteiger partial charge < -0.3 is 21.3 Å². The number of aliphatic imine (C=N–C) groups is 1. The van der Waals surface area contributed by atoms with Crippen molar-refractivity contribution in [3.63, 3.8) is 0 Å². The van der Waals surface area contributed by atoms with E-state index >= 15 is 0 Å². The number of nitrogens with one attached hydrogen (secondary N) is 4. The van der Waals surface area contributed by atoms with Crippen LogP contribution in [-0.2, 0) is 9.59 Å². The summed E-state index contributed by atoms with van der Waals surface area (Å²) in [6.45, 7) is 6.47. The van der Waals surface area contributed by atoms with Crippen LogP contribution in [0.1, 0.15) is 33.6 Å². The van der Waals surface area contributed by atoms with E-state index in [0.29, 0.717) is 30.4 Å². The predicted octanol–water partition coefficient (Wildman–Crippen LogP) is 2.76. The third-order valence-electron chi connectivity index (χ3n) is 3.16. The zero-order chi connectivity index (χ0) is 19.6. The maximum Gasteiger partial charge on any atom is 0.239 e. The summed E-state index contributed by atoms with van der Waals surface area (Å²) >= 11 is 5.81. The zero-order valence-electron chi connectivity index (χ0n) is 16.2. The molecule has 0 spiro atoms. The fourth-order valence-electron chi connectivity index (χ4n) is 2.06. The molecular formula is C18H29ClIN5O2. The molecular weight excluding hydrogens is 481 g/mol. The van der Waals surface area contributed by atoms with Crippen molar-refractivity contribution in [3.05, 3.63) is 29.3 Å². The van der Waals surface area contributed by atoms with Gasteiger partial charge in [0, 0.05) is 36.3 Å². The Balaban J connectivity index is 0.00000676. The average Bonchev–Trinajstić information content (AvgIpc) is 2.54. The number of anilines is 1. The molecule has 0 heterocycles. The van der Waals surface area contributed by atoms with E-state index in [2.05, 4.69) is 26.3 Å². The number of rotatable bonds is 7. The first-order valence-corrected chi connectivity index (χ1v) is 8.88. The van der Waals surface area contributed by atoms with Gasteiger partial charge in [0.2, 0.25) is 11.8 Å². The monoisotopic (exact) mass is 509 g/mol. The Morgan fingerprint density at radius 2 is 1.70 bits per heavy atom. The Kier molecular flexibility index (Phi) is 12.0. The first kappa shape index (κ1) is 25.4. The lowest BCUT2D eigenvalue weighted by Crippen LogP contribution is -2.48. The highest BCUT2D eigenvalue weighted by Crippen LogP contribution is 2.13. The number of guanidine groups is 1. The molecule has 9 heteroatoms. The van der Waals surface area contributed by atoms with Crippen LogP contribution < -0.4 is 21.3 Å². The lowest BCUT2D eigenvalue weighted by atomic mass is 10.1. The molecule has 2 amide bonds. The second-order valence-electron chi connectivity index (χ2n) is 6.81. The van der Waals surface area contributed by atoms with Gasteiger partial charge in [-0.3, -0.25) is 14.6 Å². The van der Waals surface area contributed by atoms with Gasteiger partial charge in [-0.25, -0.2) is 0 Å². The number of carbonyl (C=O) groups is 2. The average molecular weight is 510 g/mol. The Morgan fingerprint density at radius 1 is 1.07 bits per heavy atom. The van der Waals surface area contributed by atoms with E-state index in [1.54, 1.807) is 31.3 Å². The molecule has 0 atom stereocenters. The summed E-state index contributed by atoms with van der Waals surface area (Å²) in [6.07, 6.45) is 1.01. The second-order valence-corrected chi connectivity index (χ2v) is 7.25. The van der Waals surface area contributed by atoms with E-state index in [0.717, 1.165) is 5.69 Å². The largest absolute Gasteiger partial charge is 0.356 e. The Labute approximate surface area is 183 Å². The van der Waals surface area contributed by atoms with E-state index in [9.17, 15) is 9.59 Å². The lowest BCUT2D eigenvalue weighted by Gasteiger charge is -2.21. The van der Waals surface area contributed by atoms with Crippen molar-refractivity contribution in [2.45, 2.75) is 39.2 Å². The molecule has 152 valence electrons. The van der Waals surface area contributed by atoms with Crippen LogP contribution in [0.5, 0.6) is 0 Å². The van der Waals surface area contributed by atoms with Crippen LogP contribution in [0.4, 0.5) is 5.69 Å². The number of halogens is 2. The van der Waals surface area contributed by atoms with Crippen LogP contribution in [0.3, 0.4) is 0 Å². The summed E-state index contributed by atoms with van der Waals surface area (Å²) in [7, 11) is 1.63. The topological polar surface area (TPSA) is 94.6 Å². The van der Waals surface area contributed by atoms with Crippen LogP contribution in [0.2, 0.25) is 5.02 Å². The van der Waals surface area contributed by atoms with Crippen LogP contribution in [0.15, 0.2) is 29.3 Å². The highest BCUT2D eigenvalue weighted by Gasteiger charge is 2.13. The zero-order valence-corrected chi connectivity index (χ0v) is 19.3. The summed E-state index contributed by atoms with van der Waals surface area (Å²) in [5, 5.41) is 12.3. The van der Waals surface area contributed by atoms with Gasteiger partial charge in [-0.05, 0) is 51.5 Å². The van der Waals surface area contributed by atoms with Crippen LogP contribution >= 0.6 is 35.6 Å². The molecule has 1 rings (SSSR count). The third kappa shape index (κ3) is 12.5. The number of hydrogen-bond donors (Lipinski definition) is 4. The van der Waals surface area contributed by atoms with Gasteiger partial charge in [-0.2, -0.15) is 0 Å². The van der Waals surface area contributed by atoms with Crippen molar-refractivity contribution < 1.29 is 9.59 Å². The molecule has 27 heavy (non-hydrogen) atoms. The minimum atomic E-state index is -0.271. The fraction of sp³-hybridized carbons (Fsp3) is 0.500. The molecule has 0 saturated heterocycles. The van der Waals surface area contributed by atoms with Crippen LogP contribution in [-0.4, -0.2) is 43.5 Å². The molecule has 0 bridgehead atoms. The van der Waals surface area contributed by atoms with E-state index in [-0.39, 0.29) is 47.9 Å². The highest BCUT2D eigenvalue weighted by atomic mass is 127. The van der Waals surface area contributed by atoms with Crippen molar-refractivity contribution in [3.8, 4) is 0 Å². The summed E-state index contributed by atoms with van der Waals surface area (Å²) in [6, 6.07) is 6.97. The molecule has 4 N–H and O–H groups in total. The first-order chi connectivity index (χ1) is 12.2. The molecule has 0 saturated carbocycles. The summed E-state index contributed by atoms with van der Waals surface area (Å²) in [5.41, 5.74) is 0.447. The van der Waals surface area contributed by atoms with Crippen LogP contribution in [0.25, 0.3) is 0 Å². The van der Waals surface area contributed by atoms with Gasteiger partial charge in [0.05, 0.1) is 6.54 Å². The molecule has 0 aliphatic rings.